The van der Waals surface area contributed by atoms with E-state index in [0.717, 1.165) is 5.52 Å². The van der Waals surface area contributed by atoms with Gasteiger partial charge in [0.1, 0.15) is 0 Å². The van der Waals surface area contributed by atoms with E-state index in [1.165, 1.54) is 10.9 Å². The van der Waals surface area contributed by atoms with Crippen molar-refractivity contribution in [1.82, 2.24) is 4.98 Å². The highest BCUT2D eigenvalue weighted by atomic mass is 14.6. The second-order valence-electron chi connectivity index (χ2n) is 3.59. The Morgan fingerprint density at radius 1 is 1.36 bits per heavy atom. The number of pyridine rings is 1. The van der Waals surface area contributed by atoms with E-state index in [4.69, 9.17) is 5.73 Å². The van der Waals surface area contributed by atoms with Crippen molar-refractivity contribution in [2.24, 2.45) is 5.73 Å². The van der Waals surface area contributed by atoms with Gasteiger partial charge in [0, 0.05) is 11.6 Å². The summed E-state index contributed by atoms with van der Waals surface area (Å²) in [7, 11) is 0. The number of rotatable bonds is 2. The van der Waals surface area contributed by atoms with Crippen LogP contribution in [-0.4, -0.2) is 11.5 Å². The standard InChI is InChI=1S/C12H14N2/c1-9(8-13)10-4-5-12-11(7-10)3-2-6-14-12/h2-7,9H,8,13H2,1H3/t9-/m0/s1. The molecular formula is C12H14N2. The minimum absolute atomic E-state index is 0.416. The van der Waals surface area contributed by atoms with Gasteiger partial charge in [-0.1, -0.05) is 19.1 Å². The molecule has 2 N–H and O–H groups in total. The number of benzene rings is 1. The first-order chi connectivity index (χ1) is 6.81. The van der Waals surface area contributed by atoms with Crippen LogP contribution in [0.1, 0.15) is 18.4 Å². The molecule has 0 bridgehead atoms. The Hall–Kier alpha value is -1.41. The van der Waals surface area contributed by atoms with Gasteiger partial charge in [0.15, 0.2) is 0 Å². The molecule has 0 unspecified atom stereocenters. The topological polar surface area (TPSA) is 38.9 Å². The number of nitrogens with zero attached hydrogens (tertiary/aromatic N) is 1. The van der Waals surface area contributed by atoms with Crippen LogP contribution in [0.3, 0.4) is 0 Å². The van der Waals surface area contributed by atoms with Crippen LogP contribution in [0, 0.1) is 0 Å². The van der Waals surface area contributed by atoms with Crippen LogP contribution in [0.15, 0.2) is 36.5 Å². The van der Waals surface area contributed by atoms with Gasteiger partial charge in [0.2, 0.25) is 0 Å². The molecule has 0 aliphatic carbocycles. The molecule has 1 heterocycles. The van der Waals surface area contributed by atoms with Crippen LogP contribution < -0.4 is 5.73 Å². The van der Waals surface area contributed by atoms with Crippen LogP contribution >= 0.6 is 0 Å². The largest absolute Gasteiger partial charge is 0.330 e. The van der Waals surface area contributed by atoms with Crippen LogP contribution in [0.4, 0.5) is 0 Å². The Morgan fingerprint density at radius 2 is 2.21 bits per heavy atom. The summed E-state index contributed by atoms with van der Waals surface area (Å²) in [6.07, 6.45) is 1.81. The maximum atomic E-state index is 5.63. The van der Waals surface area contributed by atoms with Crippen molar-refractivity contribution in [2.45, 2.75) is 12.8 Å². The number of hydrogen-bond donors (Lipinski definition) is 1. The second-order valence-corrected chi connectivity index (χ2v) is 3.59. The van der Waals surface area contributed by atoms with Crippen LogP contribution in [0.25, 0.3) is 10.9 Å². The second kappa shape index (κ2) is 3.76. The fraction of sp³-hybridized carbons (Fsp3) is 0.250. The Kier molecular flexibility index (Phi) is 2.46. The van der Waals surface area contributed by atoms with Crippen molar-refractivity contribution in [3.63, 3.8) is 0 Å². The third-order valence-electron chi connectivity index (χ3n) is 2.55. The summed E-state index contributed by atoms with van der Waals surface area (Å²) in [4.78, 5) is 4.28. The molecule has 2 aromatic rings. The lowest BCUT2D eigenvalue weighted by Crippen LogP contribution is -2.08. The predicted molar refractivity (Wildman–Crippen MR) is 59.2 cm³/mol. The zero-order valence-corrected chi connectivity index (χ0v) is 8.27. The van der Waals surface area contributed by atoms with Gasteiger partial charge in [-0.05, 0) is 36.2 Å². The van der Waals surface area contributed by atoms with Crippen molar-refractivity contribution >= 4 is 10.9 Å². The molecule has 14 heavy (non-hydrogen) atoms. The van der Waals surface area contributed by atoms with Crippen molar-refractivity contribution in [3.8, 4) is 0 Å². The summed E-state index contributed by atoms with van der Waals surface area (Å²) in [5, 5.41) is 1.19. The Bertz CT molecular complexity index is 437. The quantitative estimate of drug-likeness (QED) is 0.781. The summed E-state index contributed by atoms with van der Waals surface area (Å²) >= 11 is 0. The monoisotopic (exact) mass is 186 g/mol. The van der Waals surface area contributed by atoms with Crippen LogP contribution in [-0.2, 0) is 0 Å². The molecule has 0 saturated carbocycles. The van der Waals surface area contributed by atoms with E-state index in [2.05, 4.69) is 36.2 Å². The molecule has 72 valence electrons. The summed E-state index contributed by atoms with van der Waals surface area (Å²) in [5.74, 6) is 0.416. The van der Waals surface area contributed by atoms with E-state index in [0.29, 0.717) is 12.5 Å². The number of nitrogens with two attached hydrogens (primary N) is 1. The molecule has 0 radical (unpaired) electrons. The molecule has 1 aromatic carbocycles. The van der Waals surface area contributed by atoms with E-state index in [-0.39, 0.29) is 0 Å². The van der Waals surface area contributed by atoms with E-state index in [1.54, 1.807) is 0 Å². The summed E-state index contributed by atoms with van der Waals surface area (Å²) in [5.41, 5.74) is 7.96. The van der Waals surface area contributed by atoms with Gasteiger partial charge in [-0.25, -0.2) is 0 Å². The summed E-state index contributed by atoms with van der Waals surface area (Å²) in [6.45, 7) is 2.82. The maximum Gasteiger partial charge on any atom is 0.0702 e. The Labute approximate surface area is 83.8 Å². The highest BCUT2D eigenvalue weighted by molar-refractivity contribution is 5.79. The highest BCUT2D eigenvalue weighted by Gasteiger charge is 2.03. The van der Waals surface area contributed by atoms with E-state index >= 15 is 0 Å². The van der Waals surface area contributed by atoms with Gasteiger partial charge < -0.3 is 5.73 Å². The van der Waals surface area contributed by atoms with Gasteiger partial charge in [-0.3, -0.25) is 4.98 Å². The molecule has 2 heteroatoms. The van der Waals surface area contributed by atoms with E-state index in [9.17, 15) is 0 Å². The average Bonchev–Trinajstić information content (AvgIpc) is 2.27. The first-order valence-corrected chi connectivity index (χ1v) is 4.86. The lowest BCUT2D eigenvalue weighted by molar-refractivity contribution is 0.775. The van der Waals surface area contributed by atoms with Gasteiger partial charge in [-0.15, -0.1) is 0 Å². The van der Waals surface area contributed by atoms with Gasteiger partial charge in [0.25, 0.3) is 0 Å². The smallest absolute Gasteiger partial charge is 0.0702 e. The Balaban J connectivity index is 2.51. The lowest BCUT2D eigenvalue weighted by Gasteiger charge is -2.09. The minimum atomic E-state index is 0.416. The van der Waals surface area contributed by atoms with Crippen molar-refractivity contribution in [2.75, 3.05) is 6.54 Å². The molecule has 2 nitrogen and oxygen atoms in total. The molecule has 0 aliphatic heterocycles. The van der Waals surface area contributed by atoms with Crippen molar-refractivity contribution < 1.29 is 0 Å². The fourth-order valence-electron chi connectivity index (χ4n) is 1.54. The number of fused-ring (bicyclic) bond motifs is 1. The van der Waals surface area contributed by atoms with Gasteiger partial charge in [0.05, 0.1) is 5.52 Å². The third-order valence-corrected chi connectivity index (χ3v) is 2.55. The third kappa shape index (κ3) is 1.61. The molecule has 2 rings (SSSR count). The molecule has 0 aliphatic rings. The molecule has 1 atom stereocenters. The number of hydrogen-bond acceptors (Lipinski definition) is 2. The van der Waals surface area contributed by atoms with Crippen molar-refractivity contribution in [1.29, 1.82) is 0 Å². The van der Waals surface area contributed by atoms with Gasteiger partial charge in [-0.2, -0.15) is 0 Å². The lowest BCUT2D eigenvalue weighted by atomic mass is 10.00. The van der Waals surface area contributed by atoms with Crippen LogP contribution in [0.5, 0.6) is 0 Å². The SMILES string of the molecule is C[C@@H](CN)c1ccc2ncccc2c1. The summed E-state index contributed by atoms with van der Waals surface area (Å²) < 4.78 is 0. The fourth-order valence-corrected chi connectivity index (χ4v) is 1.54. The van der Waals surface area contributed by atoms with Crippen LogP contribution in [0.2, 0.25) is 0 Å². The molecule has 0 saturated heterocycles. The van der Waals surface area contributed by atoms with E-state index in [1.807, 2.05) is 12.3 Å². The molecule has 0 spiro atoms. The molecule has 0 amide bonds. The average molecular weight is 186 g/mol. The Morgan fingerprint density at radius 3 is 3.00 bits per heavy atom. The van der Waals surface area contributed by atoms with E-state index < -0.39 is 0 Å². The first kappa shape index (κ1) is 9.16. The molecule has 1 aromatic heterocycles. The molecule has 0 fully saturated rings. The normalized spacial score (nSPS) is 13.0. The first-order valence-electron chi connectivity index (χ1n) is 4.86. The minimum Gasteiger partial charge on any atom is -0.330 e. The van der Waals surface area contributed by atoms with Gasteiger partial charge >= 0.3 is 0 Å². The molecular weight excluding hydrogens is 172 g/mol. The number of aromatic nitrogens is 1. The summed E-state index contributed by atoms with van der Waals surface area (Å²) in [6, 6.07) is 10.4. The predicted octanol–water partition coefficient (Wildman–Crippen LogP) is 2.30. The maximum absolute atomic E-state index is 5.63. The zero-order valence-electron chi connectivity index (χ0n) is 8.27. The zero-order chi connectivity index (χ0) is 9.97. The van der Waals surface area contributed by atoms with Crippen molar-refractivity contribution in [3.05, 3.63) is 42.1 Å². The highest BCUT2D eigenvalue weighted by Crippen LogP contribution is 2.19.